The fraction of sp³-hybridized carbons (Fsp3) is 0.158. The highest BCUT2D eigenvalue weighted by Crippen LogP contribution is 2.42. The Bertz CT molecular complexity index is 901. The van der Waals surface area contributed by atoms with Crippen molar-refractivity contribution in [3.05, 3.63) is 78.1 Å². The third-order valence-electron chi connectivity index (χ3n) is 4.30. The molecule has 0 saturated heterocycles. The van der Waals surface area contributed by atoms with Crippen molar-refractivity contribution in [2.75, 3.05) is 11.1 Å². The van der Waals surface area contributed by atoms with E-state index in [0.717, 1.165) is 11.3 Å². The molecule has 0 aliphatic carbocycles. The van der Waals surface area contributed by atoms with E-state index in [4.69, 9.17) is 0 Å². The van der Waals surface area contributed by atoms with Crippen molar-refractivity contribution in [1.82, 2.24) is 10.3 Å². The van der Waals surface area contributed by atoms with Crippen LogP contribution in [-0.4, -0.2) is 21.8 Å². The van der Waals surface area contributed by atoms with Gasteiger partial charge in [0, 0.05) is 22.6 Å². The average Bonchev–Trinajstić information content (AvgIpc) is 2.66. The Hall–Kier alpha value is -2.80. The van der Waals surface area contributed by atoms with E-state index < -0.39 is 12.2 Å². The molecule has 132 valence electrons. The first-order chi connectivity index (χ1) is 12.7. The molecule has 4 rings (SSSR count). The van der Waals surface area contributed by atoms with Crippen molar-refractivity contribution in [3.8, 4) is 0 Å². The molecular weight excluding hydrogens is 351 g/mol. The Morgan fingerprint density at radius 2 is 1.92 bits per heavy atom. The number of hydrogen-bond donors (Lipinski definition) is 2. The highest BCUT2D eigenvalue weighted by molar-refractivity contribution is 8.14. The van der Waals surface area contributed by atoms with Gasteiger partial charge < -0.3 is 10.6 Å². The predicted octanol–water partition coefficient (Wildman–Crippen LogP) is 3.61. The maximum atomic E-state index is 14.5. The standard InChI is InChI=1S/C19H17FN4OS/c1-2-11-26-19-22-18(25)16-13-8-4-6-10-15(13)21-17(24(16)23-19)12-7-3-5-9-14(12)20/h2-10,16-17,21H,1,11H2,(H,22,23,25). The van der Waals surface area contributed by atoms with E-state index in [-0.39, 0.29) is 11.7 Å². The van der Waals surface area contributed by atoms with Gasteiger partial charge in [0.2, 0.25) is 0 Å². The van der Waals surface area contributed by atoms with Crippen LogP contribution in [0.15, 0.2) is 66.3 Å². The van der Waals surface area contributed by atoms with Crippen molar-refractivity contribution in [2.45, 2.75) is 12.2 Å². The second-order valence-corrected chi connectivity index (χ2v) is 6.94. The summed E-state index contributed by atoms with van der Waals surface area (Å²) in [7, 11) is 0. The third-order valence-corrected chi connectivity index (χ3v) is 5.16. The first-order valence-corrected chi connectivity index (χ1v) is 9.19. The van der Waals surface area contributed by atoms with Gasteiger partial charge in [0.25, 0.3) is 5.91 Å². The molecule has 2 unspecified atom stereocenters. The van der Waals surface area contributed by atoms with Crippen molar-refractivity contribution in [3.63, 3.8) is 0 Å². The smallest absolute Gasteiger partial charge is 0.255 e. The van der Waals surface area contributed by atoms with Gasteiger partial charge in [-0.1, -0.05) is 54.2 Å². The molecule has 0 fully saturated rings. The molecule has 2 aliphatic rings. The van der Waals surface area contributed by atoms with Gasteiger partial charge in [-0.2, -0.15) is 0 Å². The van der Waals surface area contributed by atoms with Crippen molar-refractivity contribution < 1.29 is 9.18 Å². The van der Waals surface area contributed by atoms with Gasteiger partial charge >= 0.3 is 0 Å². The number of nitrogens with one attached hydrogen (secondary N) is 2. The van der Waals surface area contributed by atoms with Crippen molar-refractivity contribution in [2.24, 2.45) is 5.10 Å². The molecule has 7 heteroatoms. The SMILES string of the molecule is C=CCSC1=NN2C(c3ccccc3F)Nc3ccccc3C2C(=O)N1. The van der Waals surface area contributed by atoms with Gasteiger partial charge in [-0.3, -0.25) is 9.80 Å². The Balaban J connectivity index is 1.83. The molecule has 2 N–H and O–H groups in total. The lowest BCUT2D eigenvalue weighted by Crippen LogP contribution is -2.51. The number of carbonyl (C=O) groups excluding carboxylic acids is 1. The molecule has 2 aromatic carbocycles. The van der Waals surface area contributed by atoms with Gasteiger partial charge in [-0.25, -0.2) is 4.39 Å². The number of halogens is 1. The number of hydrogen-bond acceptors (Lipinski definition) is 5. The lowest BCUT2D eigenvalue weighted by Gasteiger charge is -2.43. The number of amidine groups is 1. The molecule has 2 heterocycles. The van der Waals surface area contributed by atoms with Crippen molar-refractivity contribution >= 4 is 28.5 Å². The van der Waals surface area contributed by atoms with E-state index in [1.165, 1.54) is 17.8 Å². The molecule has 0 saturated carbocycles. The minimum absolute atomic E-state index is 0.179. The Labute approximate surface area is 155 Å². The molecule has 0 aromatic heterocycles. The molecular formula is C19H17FN4OS. The fourth-order valence-corrected chi connectivity index (χ4v) is 3.77. The number of nitrogens with zero attached hydrogens (tertiary/aromatic N) is 2. The average molecular weight is 368 g/mol. The molecule has 0 spiro atoms. The maximum absolute atomic E-state index is 14.5. The number of para-hydroxylation sites is 1. The van der Waals surface area contributed by atoms with Crippen LogP contribution in [0.25, 0.3) is 0 Å². The van der Waals surface area contributed by atoms with Crippen LogP contribution < -0.4 is 10.6 Å². The molecule has 2 aromatic rings. The van der Waals surface area contributed by atoms with Gasteiger partial charge in [0.15, 0.2) is 11.2 Å². The molecule has 5 nitrogen and oxygen atoms in total. The van der Waals surface area contributed by atoms with Crippen LogP contribution in [0.4, 0.5) is 10.1 Å². The first-order valence-electron chi connectivity index (χ1n) is 8.20. The van der Waals surface area contributed by atoms with E-state index in [1.807, 2.05) is 24.3 Å². The number of thioether (sulfide) groups is 1. The normalized spacial score (nSPS) is 21.0. The van der Waals surface area contributed by atoms with Crippen LogP contribution in [0.5, 0.6) is 0 Å². The largest absolute Gasteiger partial charge is 0.360 e. The summed E-state index contributed by atoms with van der Waals surface area (Å²) < 4.78 is 14.5. The zero-order valence-corrected chi connectivity index (χ0v) is 14.7. The summed E-state index contributed by atoms with van der Waals surface area (Å²) in [6, 6.07) is 13.4. The number of hydrazone groups is 1. The zero-order chi connectivity index (χ0) is 18.1. The Kier molecular flexibility index (Phi) is 4.38. The van der Waals surface area contributed by atoms with Crippen LogP contribution in [-0.2, 0) is 4.79 Å². The summed E-state index contributed by atoms with van der Waals surface area (Å²) in [5.41, 5.74) is 2.06. The second kappa shape index (κ2) is 6.84. The molecule has 0 radical (unpaired) electrons. The zero-order valence-electron chi connectivity index (χ0n) is 13.9. The number of rotatable bonds is 3. The minimum atomic E-state index is -0.620. The van der Waals surface area contributed by atoms with Crippen LogP contribution in [0.1, 0.15) is 23.3 Å². The Morgan fingerprint density at radius 3 is 2.69 bits per heavy atom. The highest BCUT2D eigenvalue weighted by Gasteiger charge is 2.42. The van der Waals surface area contributed by atoms with Gasteiger partial charge in [-0.15, -0.1) is 11.7 Å². The maximum Gasteiger partial charge on any atom is 0.255 e. The quantitative estimate of drug-likeness (QED) is 0.813. The Morgan fingerprint density at radius 1 is 1.19 bits per heavy atom. The summed E-state index contributed by atoms with van der Waals surface area (Å²) in [6.07, 6.45) is 1.16. The van der Waals surface area contributed by atoms with Crippen LogP contribution >= 0.6 is 11.8 Å². The number of anilines is 1. The van der Waals surface area contributed by atoms with Crippen LogP contribution in [0, 0.1) is 5.82 Å². The highest BCUT2D eigenvalue weighted by atomic mass is 32.2. The summed E-state index contributed by atoms with van der Waals surface area (Å²) >= 11 is 1.38. The number of benzene rings is 2. The van der Waals surface area contributed by atoms with Crippen LogP contribution in [0.2, 0.25) is 0 Å². The van der Waals surface area contributed by atoms with Crippen molar-refractivity contribution in [1.29, 1.82) is 0 Å². The van der Waals surface area contributed by atoms with E-state index in [0.29, 0.717) is 16.5 Å². The molecule has 2 atom stereocenters. The topological polar surface area (TPSA) is 56.7 Å². The van der Waals surface area contributed by atoms with E-state index >= 15 is 0 Å². The molecule has 0 bridgehead atoms. The summed E-state index contributed by atoms with van der Waals surface area (Å²) in [4.78, 5) is 12.8. The van der Waals surface area contributed by atoms with Gasteiger partial charge in [0.1, 0.15) is 12.0 Å². The first kappa shape index (κ1) is 16.7. The number of carbonyl (C=O) groups is 1. The third kappa shape index (κ3) is 2.84. The molecule has 26 heavy (non-hydrogen) atoms. The molecule has 2 aliphatic heterocycles. The van der Waals surface area contributed by atoms with Crippen LogP contribution in [0.3, 0.4) is 0 Å². The lowest BCUT2D eigenvalue weighted by molar-refractivity contribution is -0.127. The summed E-state index contributed by atoms with van der Waals surface area (Å²) in [5, 5.41) is 12.9. The van der Waals surface area contributed by atoms with E-state index in [2.05, 4.69) is 22.3 Å². The van der Waals surface area contributed by atoms with E-state index in [1.54, 1.807) is 29.3 Å². The molecule has 1 amide bonds. The summed E-state index contributed by atoms with van der Waals surface area (Å²) in [6.45, 7) is 3.69. The fourth-order valence-electron chi connectivity index (χ4n) is 3.17. The number of amides is 1. The lowest BCUT2D eigenvalue weighted by atomic mass is 9.97. The van der Waals surface area contributed by atoms with E-state index in [9.17, 15) is 9.18 Å². The summed E-state index contributed by atoms with van der Waals surface area (Å²) in [5.74, 6) is 0.0953. The van der Waals surface area contributed by atoms with Gasteiger partial charge in [-0.05, 0) is 12.1 Å². The number of fused-ring (bicyclic) bond motifs is 3. The second-order valence-electron chi connectivity index (χ2n) is 5.93. The monoisotopic (exact) mass is 368 g/mol. The van der Waals surface area contributed by atoms with Gasteiger partial charge in [0.05, 0.1) is 0 Å². The minimum Gasteiger partial charge on any atom is -0.360 e. The predicted molar refractivity (Wildman–Crippen MR) is 102 cm³/mol.